The molecule has 0 atom stereocenters. The van der Waals surface area contributed by atoms with Gasteiger partial charge in [0, 0.05) is 21.5 Å². The van der Waals surface area contributed by atoms with E-state index in [1.54, 1.807) is 0 Å². The molecule has 0 aliphatic carbocycles. The van der Waals surface area contributed by atoms with Gasteiger partial charge < -0.3 is 0 Å². The molecular weight excluding hydrogens is 449 g/mol. The number of benzene rings is 1. The Morgan fingerprint density at radius 2 is 1.54 bits per heavy atom. The summed E-state index contributed by atoms with van der Waals surface area (Å²) < 4.78 is 77.0. The first-order valence-corrected chi connectivity index (χ1v) is 7.35. The average Bonchev–Trinajstić information content (AvgIpc) is 2.81. The standard InChI is InChI=1S/C13H3BrCl2F6N2/c14-2-1-6-10(23-24-11(6)13(20,21)22)9-7(15)3-5(4-8(9)16)12(17,18)19/h3-4H,(H,23,24). The Morgan fingerprint density at radius 3 is 1.96 bits per heavy atom. The number of rotatable bonds is 1. The summed E-state index contributed by atoms with van der Waals surface area (Å²) in [4.78, 5) is 2.10. The highest BCUT2D eigenvalue weighted by Gasteiger charge is 2.39. The van der Waals surface area contributed by atoms with E-state index in [1.165, 1.54) is 0 Å². The summed E-state index contributed by atoms with van der Waals surface area (Å²) in [5.41, 5.74) is -3.66. The summed E-state index contributed by atoms with van der Waals surface area (Å²) in [5, 5.41) is 4.21. The van der Waals surface area contributed by atoms with Crippen LogP contribution in [0.15, 0.2) is 12.1 Å². The zero-order valence-electron chi connectivity index (χ0n) is 11.0. The molecule has 1 aromatic carbocycles. The smallest absolute Gasteiger partial charge is 0.276 e. The highest BCUT2D eigenvalue weighted by Crippen LogP contribution is 2.42. The van der Waals surface area contributed by atoms with Crippen LogP contribution in [0.5, 0.6) is 0 Å². The van der Waals surface area contributed by atoms with Crippen LogP contribution in [0.4, 0.5) is 26.3 Å². The number of halogens is 9. The lowest BCUT2D eigenvalue weighted by atomic mass is 10.0. The molecule has 0 radical (unpaired) electrons. The van der Waals surface area contributed by atoms with Crippen molar-refractivity contribution in [3.63, 3.8) is 0 Å². The third-order valence-electron chi connectivity index (χ3n) is 2.83. The first kappa shape index (κ1) is 19.0. The second kappa shape index (κ2) is 6.50. The van der Waals surface area contributed by atoms with Crippen molar-refractivity contribution in [1.82, 2.24) is 10.2 Å². The topological polar surface area (TPSA) is 28.7 Å². The zero-order chi connectivity index (χ0) is 18.3. The maximum Gasteiger partial charge on any atom is 0.436 e. The molecule has 11 heteroatoms. The molecule has 0 aliphatic heterocycles. The quantitative estimate of drug-likeness (QED) is 0.410. The summed E-state index contributed by atoms with van der Waals surface area (Å²) in [6.45, 7) is 0. The fourth-order valence-electron chi connectivity index (χ4n) is 1.87. The van der Waals surface area contributed by atoms with Crippen LogP contribution in [0.1, 0.15) is 16.8 Å². The molecule has 0 fully saturated rings. The molecule has 2 nitrogen and oxygen atoms in total. The molecule has 0 saturated heterocycles. The van der Waals surface area contributed by atoms with E-state index in [-0.39, 0.29) is 11.3 Å². The molecule has 1 heterocycles. The molecule has 24 heavy (non-hydrogen) atoms. The van der Waals surface area contributed by atoms with E-state index >= 15 is 0 Å². The second-order valence-electron chi connectivity index (χ2n) is 4.35. The molecule has 0 amide bonds. The summed E-state index contributed by atoms with van der Waals surface area (Å²) in [7, 11) is 0. The summed E-state index contributed by atoms with van der Waals surface area (Å²) >= 11 is 14.3. The average molecular weight is 452 g/mol. The van der Waals surface area contributed by atoms with Gasteiger partial charge in [-0.15, -0.1) is 0 Å². The highest BCUT2D eigenvalue weighted by atomic mass is 79.9. The number of hydrogen-bond acceptors (Lipinski definition) is 1. The molecule has 1 N–H and O–H groups in total. The third-order valence-corrected chi connectivity index (χ3v) is 3.62. The Balaban J connectivity index is 2.74. The minimum atomic E-state index is -4.83. The minimum Gasteiger partial charge on any atom is -0.276 e. The number of nitrogens with zero attached hydrogens (tertiary/aromatic N) is 1. The number of alkyl halides is 6. The van der Waals surface area contributed by atoms with Gasteiger partial charge in [0.1, 0.15) is 0 Å². The van der Waals surface area contributed by atoms with Crippen molar-refractivity contribution < 1.29 is 26.3 Å². The van der Waals surface area contributed by atoms with Gasteiger partial charge in [-0.3, -0.25) is 5.10 Å². The van der Waals surface area contributed by atoms with Crippen LogP contribution in [-0.2, 0) is 12.4 Å². The zero-order valence-corrected chi connectivity index (χ0v) is 14.1. The normalized spacial score (nSPS) is 12.0. The van der Waals surface area contributed by atoms with Gasteiger partial charge in [0.05, 0.1) is 26.9 Å². The Labute approximate surface area is 149 Å². The van der Waals surface area contributed by atoms with Crippen LogP contribution in [0.2, 0.25) is 10.0 Å². The first-order valence-electron chi connectivity index (χ1n) is 5.80. The molecule has 0 saturated carbocycles. The molecule has 1 aromatic heterocycles. The Bertz CT molecular complexity index is 822. The van der Waals surface area contributed by atoms with E-state index in [9.17, 15) is 26.3 Å². The lowest BCUT2D eigenvalue weighted by molar-refractivity contribution is -0.141. The van der Waals surface area contributed by atoms with Crippen LogP contribution in [-0.4, -0.2) is 10.2 Å². The number of nitrogens with one attached hydrogen (secondary N) is 1. The van der Waals surface area contributed by atoms with Gasteiger partial charge in [-0.1, -0.05) is 23.2 Å². The van der Waals surface area contributed by atoms with Gasteiger partial charge >= 0.3 is 12.4 Å². The van der Waals surface area contributed by atoms with Gasteiger partial charge in [0.25, 0.3) is 0 Å². The Hall–Kier alpha value is -1.37. The summed E-state index contributed by atoms with van der Waals surface area (Å²) in [6, 6.07) is 1.12. The summed E-state index contributed by atoms with van der Waals surface area (Å²) in [6.07, 6.45) is -9.54. The molecule has 2 rings (SSSR count). The van der Waals surface area contributed by atoms with Crippen molar-refractivity contribution in [3.05, 3.63) is 39.0 Å². The number of H-pyrrole nitrogens is 1. The molecular formula is C13H3BrCl2F6N2. The minimum absolute atomic E-state index is 0.264. The predicted octanol–water partition coefficient (Wildman–Crippen LogP) is 6.13. The fourth-order valence-corrected chi connectivity index (χ4v) is 2.75. The predicted molar refractivity (Wildman–Crippen MR) is 79.9 cm³/mol. The Morgan fingerprint density at radius 1 is 1.00 bits per heavy atom. The molecule has 128 valence electrons. The molecule has 2 aromatic rings. The fraction of sp³-hybridized carbons (Fsp3) is 0.154. The summed E-state index contributed by atoms with van der Waals surface area (Å²) in [5.74, 6) is 2.14. The van der Waals surface area contributed by atoms with Crippen LogP contribution in [0.3, 0.4) is 0 Å². The molecule has 0 bridgehead atoms. The number of aromatic nitrogens is 2. The first-order chi connectivity index (χ1) is 11.0. The molecule has 0 aliphatic rings. The van der Waals surface area contributed by atoms with Crippen LogP contribution in [0, 0.1) is 10.8 Å². The van der Waals surface area contributed by atoms with Crippen molar-refractivity contribution in [2.75, 3.05) is 0 Å². The lowest BCUT2D eigenvalue weighted by Gasteiger charge is -2.12. The largest absolute Gasteiger partial charge is 0.436 e. The highest BCUT2D eigenvalue weighted by molar-refractivity contribution is 9.12. The SMILES string of the molecule is FC(F)(F)c1cc(Cl)c(-c2[nH]nc(C(F)(F)F)c2C#CBr)c(Cl)c1. The van der Waals surface area contributed by atoms with Crippen LogP contribution >= 0.6 is 39.1 Å². The van der Waals surface area contributed by atoms with Crippen molar-refractivity contribution in [2.24, 2.45) is 0 Å². The van der Waals surface area contributed by atoms with Gasteiger partial charge in [0.2, 0.25) is 0 Å². The van der Waals surface area contributed by atoms with Crippen LogP contribution < -0.4 is 0 Å². The van der Waals surface area contributed by atoms with Gasteiger partial charge in [-0.2, -0.15) is 31.4 Å². The van der Waals surface area contributed by atoms with Gasteiger partial charge in [0.15, 0.2) is 5.69 Å². The van der Waals surface area contributed by atoms with E-state index in [0.717, 1.165) is 0 Å². The van der Waals surface area contributed by atoms with E-state index < -0.39 is 39.2 Å². The molecule has 0 unspecified atom stereocenters. The maximum absolute atomic E-state index is 12.9. The van der Waals surface area contributed by atoms with Crippen molar-refractivity contribution in [2.45, 2.75) is 12.4 Å². The van der Waals surface area contributed by atoms with E-state index in [1.807, 2.05) is 0 Å². The van der Waals surface area contributed by atoms with Gasteiger partial charge in [-0.25, -0.2) is 0 Å². The lowest BCUT2D eigenvalue weighted by Crippen LogP contribution is -2.08. The monoisotopic (exact) mass is 450 g/mol. The Kier molecular flexibility index (Phi) is 5.14. The van der Waals surface area contributed by atoms with Crippen molar-refractivity contribution in [1.29, 1.82) is 0 Å². The van der Waals surface area contributed by atoms with E-state index in [0.29, 0.717) is 12.1 Å². The van der Waals surface area contributed by atoms with Crippen molar-refractivity contribution >= 4 is 39.1 Å². The molecule has 0 spiro atoms. The maximum atomic E-state index is 12.9. The van der Waals surface area contributed by atoms with Crippen molar-refractivity contribution in [3.8, 4) is 22.0 Å². The third kappa shape index (κ3) is 3.66. The van der Waals surface area contributed by atoms with Gasteiger partial charge in [-0.05, 0) is 22.9 Å². The van der Waals surface area contributed by atoms with E-state index in [4.69, 9.17) is 23.2 Å². The second-order valence-corrected chi connectivity index (χ2v) is 5.56. The van der Waals surface area contributed by atoms with Crippen LogP contribution in [0.25, 0.3) is 11.3 Å². The van der Waals surface area contributed by atoms with E-state index in [2.05, 4.69) is 36.9 Å². The number of aromatic amines is 1. The number of hydrogen-bond donors (Lipinski definition) is 1.